The van der Waals surface area contributed by atoms with Crippen molar-refractivity contribution in [2.45, 2.75) is 52.9 Å². The van der Waals surface area contributed by atoms with Crippen molar-refractivity contribution in [2.24, 2.45) is 5.41 Å². The van der Waals surface area contributed by atoms with Crippen LogP contribution in [0.2, 0.25) is 0 Å². The second-order valence-electron chi connectivity index (χ2n) is 7.47. The van der Waals surface area contributed by atoms with Crippen LogP contribution in [-0.4, -0.2) is 24.3 Å². The molecule has 0 amide bonds. The van der Waals surface area contributed by atoms with Gasteiger partial charge in [0.15, 0.2) is 0 Å². The molecule has 2 unspecified atom stereocenters. The van der Waals surface area contributed by atoms with E-state index in [9.17, 15) is 4.79 Å². The molecule has 3 heteroatoms. The van der Waals surface area contributed by atoms with Crippen LogP contribution < -0.4 is 0 Å². The fraction of sp³-hybridized carbons (Fsp3) is 0.500. The molecule has 3 nitrogen and oxygen atoms in total. The van der Waals surface area contributed by atoms with Crippen LogP contribution in [0.25, 0.3) is 10.8 Å². The molecule has 1 N–H and O–H groups in total. The molecular weight excluding hydrogens is 312 g/mol. The Hall–Kier alpha value is -1.87. The summed E-state index contributed by atoms with van der Waals surface area (Å²) in [5.41, 5.74) is 2.64. The van der Waals surface area contributed by atoms with Crippen LogP contribution in [0.5, 0.6) is 0 Å². The second-order valence-corrected chi connectivity index (χ2v) is 7.47. The van der Waals surface area contributed by atoms with Gasteiger partial charge < -0.3 is 9.84 Å². The summed E-state index contributed by atoms with van der Waals surface area (Å²) in [6, 6.07) is 13.3. The van der Waals surface area contributed by atoms with E-state index in [4.69, 9.17) is 9.84 Å². The molecule has 3 rings (SSSR count). The maximum atomic E-state index is 11.1. The Bertz CT molecular complexity index is 690. The minimum absolute atomic E-state index is 0.0995. The van der Waals surface area contributed by atoms with Gasteiger partial charge in [-0.1, -0.05) is 57.2 Å². The third-order valence-electron chi connectivity index (χ3n) is 5.46. The number of ether oxygens (including phenoxy) is 1. The molecule has 0 bridgehead atoms. The van der Waals surface area contributed by atoms with E-state index >= 15 is 0 Å². The van der Waals surface area contributed by atoms with E-state index < -0.39 is 5.41 Å². The van der Waals surface area contributed by atoms with E-state index in [0.717, 1.165) is 6.42 Å². The van der Waals surface area contributed by atoms with Crippen LogP contribution in [0, 0.1) is 5.41 Å². The Morgan fingerprint density at radius 2 is 1.60 bits per heavy atom. The number of carbonyl (C=O) groups is 1. The molecule has 0 saturated heterocycles. The zero-order chi connectivity index (χ0) is 18.6. The number of hydrogen-bond acceptors (Lipinski definition) is 3. The van der Waals surface area contributed by atoms with Gasteiger partial charge in [-0.2, -0.15) is 0 Å². The summed E-state index contributed by atoms with van der Waals surface area (Å²) >= 11 is 0. The molecule has 0 spiro atoms. The fourth-order valence-corrected chi connectivity index (χ4v) is 3.18. The summed E-state index contributed by atoms with van der Waals surface area (Å²) in [5, 5.41) is 11.3. The predicted octanol–water partition coefficient (Wildman–Crippen LogP) is 5.02. The zero-order valence-corrected chi connectivity index (χ0v) is 16.0. The highest BCUT2D eigenvalue weighted by Gasteiger charge is 2.27. The van der Waals surface area contributed by atoms with Crippen molar-refractivity contribution in [1.82, 2.24) is 0 Å². The van der Waals surface area contributed by atoms with Crippen LogP contribution in [0.3, 0.4) is 0 Å². The van der Waals surface area contributed by atoms with Gasteiger partial charge in [0.25, 0.3) is 0 Å². The normalized spacial score (nSPS) is 18.6. The van der Waals surface area contributed by atoms with Crippen LogP contribution in [0.4, 0.5) is 0 Å². The average molecular weight is 342 g/mol. The Morgan fingerprint density at radius 1 is 1.08 bits per heavy atom. The van der Waals surface area contributed by atoms with Gasteiger partial charge in [-0.05, 0) is 54.0 Å². The quantitative estimate of drug-likeness (QED) is 0.794. The summed E-state index contributed by atoms with van der Waals surface area (Å²) < 4.78 is 4.76. The van der Waals surface area contributed by atoms with Crippen LogP contribution in [-0.2, 0) is 9.53 Å². The first kappa shape index (κ1) is 19.5. The molecule has 1 aliphatic rings. The van der Waals surface area contributed by atoms with E-state index in [1.54, 1.807) is 0 Å². The third kappa shape index (κ3) is 4.04. The molecule has 25 heavy (non-hydrogen) atoms. The highest BCUT2D eigenvalue weighted by molar-refractivity contribution is 5.92. The first-order valence-corrected chi connectivity index (χ1v) is 9.13. The number of hydrogen-bond donors (Lipinski definition) is 1. The Morgan fingerprint density at radius 3 is 2.04 bits per heavy atom. The lowest BCUT2D eigenvalue weighted by Crippen LogP contribution is -2.26. The van der Waals surface area contributed by atoms with Crippen LogP contribution >= 0.6 is 0 Å². The van der Waals surface area contributed by atoms with E-state index in [1.165, 1.54) is 21.9 Å². The molecule has 0 fully saturated rings. The van der Waals surface area contributed by atoms with Crippen LogP contribution in [0.15, 0.2) is 36.4 Å². The smallest absolute Gasteiger partial charge is 0.311 e. The highest BCUT2D eigenvalue weighted by Crippen LogP contribution is 2.45. The molecule has 0 aliphatic heterocycles. The van der Waals surface area contributed by atoms with E-state index in [-0.39, 0.29) is 19.2 Å². The van der Waals surface area contributed by atoms with Crippen molar-refractivity contribution in [1.29, 1.82) is 0 Å². The van der Waals surface area contributed by atoms with Crippen molar-refractivity contribution in [3.05, 3.63) is 47.5 Å². The number of esters is 1. The van der Waals surface area contributed by atoms with Gasteiger partial charge in [0.2, 0.25) is 0 Å². The monoisotopic (exact) mass is 342 g/mol. The topological polar surface area (TPSA) is 46.5 Å². The Kier molecular flexibility index (Phi) is 6.23. The molecule has 2 aromatic carbocycles. The highest BCUT2D eigenvalue weighted by atomic mass is 16.5. The molecular formula is C22H30O3. The molecule has 136 valence electrons. The molecule has 1 aliphatic carbocycles. The molecule has 2 atom stereocenters. The lowest BCUT2D eigenvalue weighted by atomic mass is 9.91. The Balaban J connectivity index is 0.000000188. The molecule has 0 saturated carbocycles. The van der Waals surface area contributed by atoms with Crippen molar-refractivity contribution < 1.29 is 14.6 Å². The van der Waals surface area contributed by atoms with Gasteiger partial charge in [-0.25, -0.2) is 0 Å². The predicted molar refractivity (Wildman–Crippen MR) is 103 cm³/mol. The molecule has 0 radical (unpaired) electrons. The summed E-state index contributed by atoms with van der Waals surface area (Å²) in [5.74, 6) is 1.11. The maximum absolute atomic E-state index is 11.1. The lowest BCUT2D eigenvalue weighted by molar-refractivity contribution is -0.155. The minimum atomic E-state index is -0.421. The van der Waals surface area contributed by atoms with E-state index in [2.05, 4.69) is 50.2 Å². The standard InChI is InChI=1S/C14H14.C8H16O3/c1-9-10(2)13-8-4-6-11-5-3-7-12(9)14(11)13;1-4-8(2,3)7(10)11-6-5-9/h3-10H,1-2H3;9H,4-6H2,1-3H3. The fourth-order valence-electron chi connectivity index (χ4n) is 3.18. The number of benzene rings is 2. The van der Waals surface area contributed by atoms with Crippen molar-refractivity contribution in [3.63, 3.8) is 0 Å². The molecule has 2 aromatic rings. The second kappa shape index (κ2) is 8.01. The molecule has 0 heterocycles. The largest absolute Gasteiger partial charge is 0.463 e. The summed E-state index contributed by atoms with van der Waals surface area (Å²) in [4.78, 5) is 11.1. The summed E-state index contributed by atoms with van der Waals surface area (Å²) in [6.07, 6.45) is 0.747. The SMILES string of the molecule is CC1c2cccc3cccc(c23)C1C.CCC(C)(C)C(=O)OCCO. The number of rotatable bonds is 4. The van der Waals surface area contributed by atoms with Gasteiger partial charge in [0.1, 0.15) is 6.61 Å². The number of aliphatic hydroxyl groups is 1. The van der Waals surface area contributed by atoms with E-state index in [1.807, 2.05) is 20.8 Å². The lowest BCUT2D eigenvalue weighted by Gasteiger charge is -2.19. The van der Waals surface area contributed by atoms with E-state index in [0.29, 0.717) is 11.8 Å². The zero-order valence-electron chi connectivity index (χ0n) is 16.0. The first-order chi connectivity index (χ1) is 11.8. The maximum Gasteiger partial charge on any atom is 0.311 e. The average Bonchev–Trinajstić information content (AvgIpc) is 2.87. The summed E-state index contributed by atoms with van der Waals surface area (Å²) in [7, 11) is 0. The van der Waals surface area contributed by atoms with Gasteiger partial charge in [0.05, 0.1) is 12.0 Å². The third-order valence-corrected chi connectivity index (χ3v) is 5.46. The van der Waals surface area contributed by atoms with Crippen molar-refractivity contribution in [3.8, 4) is 0 Å². The summed E-state index contributed by atoms with van der Waals surface area (Å²) in [6.45, 7) is 10.2. The van der Waals surface area contributed by atoms with Gasteiger partial charge >= 0.3 is 5.97 Å². The van der Waals surface area contributed by atoms with Gasteiger partial charge in [-0.3, -0.25) is 4.79 Å². The number of aliphatic hydroxyl groups excluding tert-OH is 1. The molecule has 0 aromatic heterocycles. The van der Waals surface area contributed by atoms with Crippen LogP contribution in [0.1, 0.15) is 64.0 Å². The van der Waals surface area contributed by atoms with Gasteiger partial charge in [0, 0.05) is 0 Å². The Labute approximate surface area is 151 Å². The number of carbonyl (C=O) groups excluding carboxylic acids is 1. The van der Waals surface area contributed by atoms with Crippen molar-refractivity contribution in [2.75, 3.05) is 13.2 Å². The van der Waals surface area contributed by atoms with Crippen molar-refractivity contribution >= 4 is 16.7 Å². The minimum Gasteiger partial charge on any atom is -0.463 e. The van der Waals surface area contributed by atoms with Gasteiger partial charge in [-0.15, -0.1) is 0 Å². The first-order valence-electron chi connectivity index (χ1n) is 9.13.